The van der Waals surface area contributed by atoms with Gasteiger partial charge in [0.05, 0.1) is 6.54 Å². The molecule has 0 aliphatic rings. The number of hydrogen-bond donors (Lipinski definition) is 2. The van der Waals surface area contributed by atoms with Crippen LogP contribution in [-0.2, 0) is 4.79 Å². The van der Waals surface area contributed by atoms with Gasteiger partial charge in [0.15, 0.2) is 0 Å². The number of halogens is 1. The first-order valence-electron chi connectivity index (χ1n) is 7.36. The van der Waals surface area contributed by atoms with E-state index in [9.17, 15) is 9.18 Å². The summed E-state index contributed by atoms with van der Waals surface area (Å²) in [6.07, 6.45) is 0. The summed E-state index contributed by atoms with van der Waals surface area (Å²) in [7, 11) is 0. The van der Waals surface area contributed by atoms with Gasteiger partial charge in [0, 0.05) is 11.4 Å². The molecule has 0 aliphatic carbocycles. The second-order valence-corrected chi connectivity index (χ2v) is 5.61. The second kappa shape index (κ2) is 7.07. The van der Waals surface area contributed by atoms with Gasteiger partial charge in [0.1, 0.15) is 5.82 Å². The van der Waals surface area contributed by atoms with Crippen molar-refractivity contribution >= 4 is 17.3 Å². The van der Waals surface area contributed by atoms with E-state index >= 15 is 0 Å². The molecule has 0 saturated carbocycles. The Kier molecular flexibility index (Phi) is 5.15. The van der Waals surface area contributed by atoms with Gasteiger partial charge in [-0.3, -0.25) is 4.79 Å². The monoisotopic (exact) mass is 300 g/mol. The summed E-state index contributed by atoms with van der Waals surface area (Å²) in [5, 5.41) is 5.87. The maximum atomic E-state index is 13.1. The maximum Gasteiger partial charge on any atom is 0.243 e. The molecule has 0 bridgehead atoms. The van der Waals surface area contributed by atoms with Crippen molar-refractivity contribution in [2.75, 3.05) is 17.2 Å². The van der Waals surface area contributed by atoms with E-state index in [0.29, 0.717) is 11.6 Å². The molecule has 0 unspecified atom stereocenters. The average Bonchev–Trinajstić information content (AvgIpc) is 2.47. The van der Waals surface area contributed by atoms with Crippen molar-refractivity contribution in [1.82, 2.24) is 0 Å². The summed E-state index contributed by atoms with van der Waals surface area (Å²) in [5.41, 5.74) is 3.59. The number of amides is 1. The molecule has 0 saturated heterocycles. The Hall–Kier alpha value is -2.36. The van der Waals surface area contributed by atoms with E-state index in [1.165, 1.54) is 12.1 Å². The van der Waals surface area contributed by atoms with Crippen molar-refractivity contribution in [3.8, 4) is 0 Å². The Morgan fingerprint density at radius 1 is 1.18 bits per heavy atom. The van der Waals surface area contributed by atoms with Gasteiger partial charge >= 0.3 is 0 Å². The molecule has 22 heavy (non-hydrogen) atoms. The Labute approximate surface area is 130 Å². The highest BCUT2D eigenvalue weighted by Crippen LogP contribution is 2.27. The predicted octanol–water partition coefficient (Wildman–Crippen LogP) is 4.31. The molecule has 0 radical (unpaired) electrons. The Morgan fingerprint density at radius 3 is 2.59 bits per heavy atom. The zero-order valence-electron chi connectivity index (χ0n) is 13.1. The number of para-hydroxylation sites is 1. The Balaban J connectivity index is 2.03. The lowest BCUT2D eigenvalue weighted by Gasteiger charge is -2.16. The van der Waals surface area contributed by atoms with Crippen LogP contribution in [0.3, 0.4) is 0 Å². The van der Waals surface area contributed by atoms with Crippen LogP contribution in [0.2, 0.25) is 0 Å². The van der Waals surface area contributed by atoms with Gasteiger partial charge in [-0.1, -0.05) is 38.1 Å². The minimum absolute atomic E-state index is 0.0926. The average molecular weight is 300 g/mol. The van der Waals surface area contributed by atoms with Crippen LogP contribution in [0.4, 0.5) is 15.8 Å². The van der Waals surface area contributed by atoms with E-state index in [4.69, 9.17) is 0 Å². The molecule has 2 aromatic carbocycles. The van der Waals surface area contributed by atoms with Gasteiger partial charge < -0.3 is 10.6 Å². The minimum Gasteiger partial charge on any atom is -0.376 e. The van der Waals surface area contributed by atoms with Crippen LogP contribution in [-0.4, -0.2) is 12.5 Å². The van der Waals surface area contributed by atoms with Crippen molar-refractivity contribution in [3.63, 3.8) is 0 Å². The van der Waals surface area contributed by atoms with Gasteiger partial charge in [-0.15, -0.1) is 0 Å². The molecular formula is C18H21FN2O. The van der Waals surface area contributed by atoms with Gasteiger partial charge in [-0.2, -0.15) is 0 Å². The molecular weight excluding hydrogens is 279 g/mol. The third kappa shape index (κ3) is 4.07. The zero-order valence-corrected chi connectivity index (χ0v) is 13.1. The van der Waals surface area contributed by atoms with Crippen LogP contribution in [0.1, 0.15) is 30.9 Å². The number of benzene rings is 2. The van der Waals surface area contributed by atoms with Crippen molar-refractivity contribution < 1.29 is 9.18 Å². The van der Waals surface area contributed by atoms with Crippen LogP contribution in [0.25, 0.3) is 0 Å². The first-order chi connectivity index (χ1) is 10.5. The lowest BCUT2D eigenvalue weighted by atomic mass is 9.98. The van der Waals surface area contributed by atoms with Crippen LogP contribution in [0.5, 0.6) is 0 Å². The van der Waals surface area contributed by atoms with Crippen molar-refractivity contribution in [2.45, 2.75) is 26.7 Å². The largest absolute Gasteiger partial charge is 0.376 e. The summed E-state index contributed by atoms with van der Waals surface area (Å²) in [5.74, 6) is -0.154. The zero-order chi connectivity index (χ0) is 16.1. The quantitative estimate of drug-likeness (QED) is 0.864. The highest BCUT2D eigenvalue weighted by atomic mass is 19.1. The van der Waals surface area contributed by atoms with Gasteiger partial charge in [0.25, 0.3) is 0 Å². The molecule has 116 valence electrons. The topological polar surface area (TPSA) is 41.1 Å². The van der Waals surface area contributed by atoms with E-state index < -0.39 is 0 Å². The fourth-order valence-electron chi connectivity index (χ4n) is 2.31. The number of carbonyl (C=O) groups is 1. The molecule has 0 spiro atoms. The van der Waals surface area contributed by atoms with E-state index in [1.807, 2.05) is 25.1 Å². The Bertz CT molecular complexity index is 668. The molecule has 4 heteroatoms. The van der Waals surface area contributed by atoms with Gasteiger partial charge in [-0.05, 0) is 42.2 Å². The Morgan fingerprint density at radius 2 is 1.91 bits per heavy atom. The van der Waals surface area contributed by atoms with Crippen LogP contribution in [0.15, 0.2) is 42.5 Å². The summed E-state index contributed by atoms with van der Waals surface area (Å²) in [6, 6.07) is 12.0. The molecule has 2 N–H and O–H groups in total. The number of carbonyl (C=O) groups excluding carboxylic acids is 1. The van der Waals surface area contributed by atoms with E-state index in [0.717, 1.165) is 16.8 Å². The first-order valence-corrected chi connectivity index (χ1v) is 7.36. The lowest BCUT2D eigenvalue weighted by molar-refractivity contribution is -0.114. The molecule has 0 atom stereocenters. The van der Waals surface area contributed by atoms with Crippen LogP contribution in [0, 0.1) is 12.7 Å². The minimum atomic E-state index is -0.327. The smallest absolute Gasteiger partial charge is 0.243 e. The maximum absolute atomic E-state index is 13.1. The molecule has 3 nitrogen and oxygen atoms in total. The van der Waals surface area contributed by atoms with Crippen LogP contribution >= 0.6 is 0 Å². The van der Waals surface area contributed by atoms with E-state index in [2.05, 4.69) is 24.5 Å². The van der Waals surface area contributed by atoms with Crippen molar-refractivity contribution in [2.24, 2.45) is 0 Å². The van der Waals surface area contributed by atoms with Gasteiger partial charge in [0.2, 0.25) is 5.91 Å². The molecule has 0 aliphatic heterocycles. The number of aryl methyl sites for hydroxylation is 1. The van der Waals surface area contributed by atoms with Crippen LogP contribution < -0.4 is 10.6 Å². The summed E-state index contributed by atoms with van der Waals surface area (Å²) in [6.45, 7) is 6.25. The fourth-order valence-corrected chi connectivity index (χ4v) is 2.31. The highest BCUT2D eigenvalue weighted by molar-refractivity contribution is 5.95. The number of rotatable bonds is 5. The van der Waals surface area contributed by atoms with Gasteiger partial charge in [-0.25, -0.2) is 4.39 Å². The normalized spacial score (nSPS) is 10.6. The molecule has 0 heterocycles. The highest BCUT2D eigenvalue weighted by Gasteiger charge is 2.11. The SMILES string of the molecule is Cc1cccc(C(C)C)c1NC(=O)CNc1cccc(F)c1. The van der Waals surface area contributed by atoms with E-state index in [1.54, 1.807) is 12.1 Å². The molecule has 2 aromatic rings. The summed E-state index contributed by atoms with van der Waals surface area (Å²) >= 11 is 0. The third-order valence-electron chi connectivity index (χ3n) is 3.47. The number of nitrogens with one attached hydrogen (secondary N) is 2. The molecule has 0 aromatic heterocycles. The van der Waals surface area contributed by atoms with Crippen molar-refractivity contribution in [1.29, 1.82) is 0 Å². The van der Waals surface area contributed by atoms with Crippen molar-refractivity contribution in [3.05, 3.63) is 59.4 Å². The predicted molar refractivity (Wildman–Crippen MR) is 88.8 cm³/mol. The molecule has 0 fully saturated rings. The molecule has 2 rings (SSSR count). The third-order valence-corrected chi connectivity index (χ3v) is 3.47. The summed E-state index contributed by atoms with van der Waals surface area (Å²) < 4.78 is 13.1. The number of anilines is 2. The second-order valence-electron chi connectivity index (χ2n) is 5.61. The standard InChI is InChI=1S/C18H21FN2O/c1-12(2)16-9-4-6-13(3)18(16)21-17(22)11-20-15-8-5-7-14(19)10-15/h4-10,12,20H,11H2,1-3H3,(H,21,22). The van der Waals surface area contributed by atoms with E-state index in [-0.39, 0.29) is 18.3 Å². The first kappa shape index (κ1) is 16.0. The number of hydrogen-bond acceptors (Lipinski definition) is 2. The fraction of sp³-hybridized carbons (Fsp3) is 0.278. The summed E-state index contributed by atoms with van der Waals surface area (Å²) in [4.78, 5) is 12.1. The molecule has 1 amide bonds. The lowest BCUT2D eigenvalue weighted by Crippen LogP contribution is -2.23.